The van der Waals surface area contributed by atoms with Gasteiger partial charge in [0, 0.05) is 11.7 Å². The number of phenolic OH excluding ortho intramolecular Hbond substituents is 1. The quantitative estimate of drug-likeness (QED) is 0.863. The predicted octanol–water partition coefficient (Wildman–Crippen LogP) is 4.05. The summed E-state index contributed by atoms with van der Waals surface area (Å²) >= 11 is 0. The van der Waals surface area contributed by atoms with Crippen LogP contribution in [0.15, 0.2) is 42.5 Å². The molecule has 0 saturated heterocycles. The van der Waals surface area contributed by atoms with Crippen molar-refractivity contribution >= 4 is 5.69 Å². The third-order valence-electron chi connectivity index (χ3n) is 3.11. The van der Waals surface area contributed by atoms with Crippen LogP contribution < -0.4 is 5.32 Å². The van der Waals surface area contributed by atoms with Crippen LogP contribution in [-0.4, -0.2) is 11.1 Å². The fourth-order valence-electron chi connectivity index (χ4n) is 2.38. The summed E-state index contributed by atoms with van der Waals surface area (Å²) in [4.78, 5) is 0. The summed E-state index contributed by atoms with van der Waals surface area (Å²) < 4.78 is 0. The van der Waals surface area contributed by atoms with Gasteiger partial charge in [0.2, 0.25) is 0 Å². The second kappa shape index (κ2) is 5.79. The van der Waals surface area contributed by atoms with E-state index < -0.39 is 0 Å². The summed E-state index contributed by atoms with van der Waals surface area (Å²) in [6.45, 7) is 6.40. The molecule has 0 spiro atoms. The Bertz CT molecular complexity index is 525. The molecular formula is C17H21NO. The highest BCUT2D eigenvalue weighted by Crippen LogP contribution is 2.17. The standard InChI is InChI=1S/C17H21NO/c1-12-8-13(2)10-16(9-12)18-14(3)11-15-4-6-17(19)7-5-15/h4-10,14,18-19H,11H2,1-3H3. The molecule has 0 fully saturated rings. The van der Waals surface area contributed by atoms with Gasteiger partial charge in [-0.1, -0.05) is 18.2 Å². The molecule has 100 valence electrons. The summed E-state index contributed by atoms with van der Waals surface area (Å²) in [5.41, 5.74) is 4.95. The molecule has 0 amide bonds. The molecule has 2 nitrogen and oxygen atoms in total. The fraction of sp³-hybridized carbons (Fsp3) is 0.294. The Balaban J connectivity index is 2.00. The molecule has 0 saturated carbocycles. The van der Waals surface area contributed by atoms with Gasteiger partial charge in [0.15, 0.2) is 0 Å². The van der Waals surface area contributed by atoms with Crippen molar-refractivity contribution in [1.82, 2.24) is 0 Å². The Morgan fingerprint density at radius 3 is 2.16 bits per heavy atom. The summed E-state index contributed by atoms with van der Waals surface area (Å²) in [5.74, 6) is 0.318. The van der Waals surface area contributed by atoms with Crippen LogP contribution in [0.1, 0.15) is 23.6 Å². The van der Waals surface area contributed by atoms with Gasteiger partial charge in [-0.15, -0.1) is 0 Å². The van der Waals surface area contributed by atoms with Gasteiger partial charge in [0.05, 0.1) is 0 Å². The largest absolute Gasteiger partial charge is 0.508 e. The van der Waals surface area contributed by atoms with Crippen molar-refractivity contribution in [2.24, 2.45) is 0 Å². The SMILES string of the molecule is Cc1cc(C)cc(NC(C)Cc2ccc(O)cc2)c1. The molecule has 1 unspecified atom stereocenters. The first kappa shape index (κ1) is 13.5. The first-order valence-electron chi connectivity index (χ1n) is 6.65. The maximum atomic E-state index is 9.27. The minimum atomic E-state index is 0.318. The van der Waals surface area contributed by atoms with Crippen LogP contribution in [0.5, 0.6) is 5.75 Å². The highest BCUT2D eigenvalue weighted by Gasteiger charge is 2.04. The highest BCUT2D eigenvalue weighted by atomic mass is 16.3. The number of aryl methyl sites for hydroxylation is 2. The number of aromatic hydroxyl groups is 1. The summed E-state index contributed by atoms with van der Waals surface area (Å²) in [7, 11) is 0. The normalized spacial score (nSPS) is 12.2. The lowest BCUT2D eigenvalue weighted by Gasteiger charge is -2.16. The van der Waals surface area contributed by atoms with Crippen molar-refractivity contribution in [3.8, 4) is 5.75 Å². The first-order valence-corrected chi connectivity index (χ1v) is 6.65. The molecule has 1 atom stereocenters. The van der Waals surface area contributed by atoms with Gasteiger partial charge in [-0.25, -0.2) is 0 Å². The molecule has 2 rings (SSSR count). The third kappa shape index (κ3) is 4.02. The second-order valence-corrected chi connectivity index (χ2v) is 5.29. The Morgan fingerprint density at radius 2 is 1.58 bits per heavy atom. The van der Waals surface area contributed by atoms with Crippen LogP contribution in [0.2, 0.25) is 0 Å². The molecule has 19 heavy (non-hydrogen) atoms. The van der Waals surface area contributed by atoms with Crippen molar-refractivity contribution < 1.29 is 5.11 Å². The minimum absolute atomic E-state index is 0.318. The van der Waals surface area contributed by atoms with Gasteiger partial charge in [-0.2, -0.15) is 0 Å². The average Bonchev–Trinajstić information content (AvgIpc) is 2.30. The molecular weight excluding hydrogens is 234 g/mol. The van der Waals surface area contributed by atoms with E-state index >= 15 is 0 Å². The van der Waals surface area contributed by atoms with E-state index in [1.54, 1.807) is 12.1 Å². The van der Waals surface area contributed by atoms with Crippen LogP contribution in [0.4, 0.5) is 5.69 Å². The summed E-state index contributed by atoms with van der Waals surface area (Å²) in [5, 5.41) is 12.8. The van der Waals surface area contributed by atoms with Gasteiger partial charge in [-0.3, -0.25) is 0 Å². The Kier molecular flexibility index (Phi) is 4.10. The topological polar surface area (TPSA) is 32.3 Å². The first-order chi connectivity index (χ1) is 9.02. The third-order valence-corrected chi connectivity index (χ3v) is 3.11. The van der Waals surface area contributed by atoms with Gasteiger partial charge in [0.25, 0.3) is 0 Å². The Labute approximate surface area is 115 Å². The zero-order valence-corrected chi connectivity index (χ0v) is 11.8. The lowest BCUT2D eigenvalue weighted by Crippen LogP contribution is -2.18. The molecule has 0 aliphatic rings. The summed E-state index contributed by atoms with van der Waals surface area (Å²) in [6, 6.07) is 14.3. The zero-order chi connectivity index (χ0) is 13.8. The van der Waals surface area contributed by atoms with Crippen molar-refractivity contribution in [1.29, 1.82) is 0 Å². The van der Waals surface area contributed by atoms with E-state index in [1.165, 1.54) is 22.4 Å². The molecule has 0 aliphatic heterocycles. The fourth-order valence-corrected chi connectivity index (χ4v) is 2.38. The van der Waals surface area contributed by atoms with E-state index in [0.29, 0.717) is 11.8 Å². The van der Waals surface area contributed by atoms with Crippen molar-refractivity contribution in [2.45, 2.75) is 33.2 Å². The van der Waals surface area contributed by atoms with E-state index in [9.17, 15) is 5.11 Å². The maximum Gasteiger partial charge on any atom is 0.115 e. The predicted molar refractivity (Wildman–Crippen MR) is 80.8 cm³/mol. The van der Waals surface area contributed by atoms with E-state index in [0.717, 1.165) is 6.42 Å². The average molecular weight is 255 g/mol. The van der Waals surface area contributed by atoms with Gasteiger partial charge in [-0.05, 0) is 68.1 Å². The lowest BCUT2D eigenvalue weighted by molar-refractivity contribution is 0.475. The number of nitrogens with one attached hydrogen (secondary N) is 1. The van der Waals surface area contributed by atoms with Crippen molar-refractivity contribution in [3.05, 3.63) is 59.2 Å². The van der Waals surface area contributed by atoms with Crippen LogP contribution in [-0.2, 0) is 6.42 Å². The Hall–Kier alpha value is -1.96. The number of hydrogen-bond acceptors (Lipinski definition) is 2. The number of rotatable bonds is 4. The number of anilines is 1. The van der Waals surface area contributed by atoms with Gasteiger partial charge >= 0.3 is 0 Å². The molecule has 0 aliphatic carbocycles. The molecule has 2 aromatic carbocycles. The van der Waals surface area contributed by atoms with Crippen LogP contribution in [0.25, 0.3) is 0 Å². The van der Waals surface area contributed by atoms with Crippen molar-refractivity contribution in [2.75, 3.05) is 5.32 Å². The highest BCUT2D eigenvalue weighted by molar-refractivity contribution is 5.49. The van der Waals surface area contributed by atoms with Crippen LogP contribution >= 0.6 is 0 Å². The molecule has 2 N–H and O–H groups in total. The molecule has 2 heteroatoms. The molecule has 2 aromatic rings. The maximum absolute atomic E-state index is 9.27. The zero-order valence-electron chi connectivity index (χ0n) is 11.8. The summed E-state index contributed by atoms with van der Waals surface area (Å²) in [6.07, 6.45) is 0.938. The monoisotopic (exact) mass is 255 g/mol. The molecule has 0 bridgehead atoms. The number of hydrogen-bond donors (Lipinski definition) is 2. The smallest absolute Gasteiger partial charge is 0.115 e. The van der Waals surface area contributed by atoms with E-state index in [4.69, 9.17) is 0 Å². The molecule has 0 heterocycles. The van der Waals surface area contributed by atoms with Crippen molar-refractivity contribution in [3.63, 3.8) is 0 Å². The minimum Gasteiger partial charge on any atom is -0.508 e. The van der Waals surface area contributed by atoms with Gasteiger partial charge in [0.1, 0.15) is 5.75 Å². The van der Waals surface area contributed by atoms with Gasteiger partial charge < -0.3 is 10.4 Å². The Morgan fingerprint density at radius 1 is 1.00 bits per heavy atom. The van der Waals surface area contributed by atoms with Crippen LogP contribution in [0.3, 0.4) is 0 Å². The van der Waals surface area contributed by atoms with E-state index in [1.807, 2.05) is 12.1 Å². The number of phenols is 1. The second-order valence-electron chi connectivity index (χ2n) is 5.29. The molecule has 0 radical (unpaired) electrons. The van der Waals surface area contributed by atoms with E-state index in [-0.39, 0.29) is 0 Å². The number of benzene rings is 2. The van der Waals surface area contributed by atoms with Crippen LogP contribution in [0, 0.1) is 13.8 Å². The lowest BCUT2D eigenvalue weighted by atomic mass is 10.1. The molecule has 0 aromatic heterocycles. The van der Waals surface area contributed by atoms with E-state index in [2.05, 4.69) is 44.3 Å².